The molecule has 0 fully saturated rings. The van der Waals surface area contributed by atoms with Gasteiger partial charge in [-0.25, -0.2) is 0 Å². The van der Waals surface area contributed by atoms with Crippen molar-refractivity contribution in [2.24, 2.45) is 0 Å². The van der Waals surface area contributed by atoms with Gasteiger partial charge in [-0.15, -0.1) is 0 Å². The number of likely N-dealkylation sites (N-methyl/N-ethyl adjacent to an activating group) is 1. The van der Waals surface area contributed by atoms with Crippen LogP contribution in [0.1, 0.15) is 18.4 Å². The first kappa shape index (κ1) is 15.4. The summed E-state index contributed by atoms with van der Waals surface area (Å²) in [5.74, 6) is -0.976. The van der Waals surface area contributed by atoms with Crippen molar-refractivity contribution in [3.8, 4) is 0 Å². The summed E-state index contributed by atoms with van der Waals surface area (Å²) >= 11 is 3.36. The molecule has 0 unspecified atom stereocenters. The molecule has 1 aromatic rings. The second kappa shape index (κ2) is 7.74. The molecular formula is C14H16BrNO3. The maximum Gasteiger partial charge on any atom is 0.303 e. The van der Waals surface area contributed by atoms with Crippen LogP contribution in [0.3, 0.4) is 0 Å². The van der Waals surface area contributed by atoms with Crippen LogP contribution in [0.4, 0.5) is 0 Å². The Morgan fingerprint density at radius 3 is 2.79 bits per heavy atom. The Balaban J connectivity index is 2.47. The van der Waals surface area contributed by atoms with Crippen molar-refractivity contribution in [3.63, 3.8) is 0 Å². The van der Waals surface area contributed by atoms with E-state index in [4.69, 9.17) is 5.11 Å². The summed E-state index contributed by atoms with van der Waals surface area (Å²) in [6, 6.07) is 7.62. The number of carbonyl (C=O) groups excluding carboxylic acids is 1. The highest BCUT2D eigenvalue weighted by Crippen LogP contribution is 2.12. The summed E-state index contributed by atoms with van der Waals surface area (Å²) < 4.78 is 0.955. The molecule has 0 spiro atoms. The fraction of sp³-hybridized carbons (Fsp3) is 0.286. The highest BCUT2D eigenvalue weighted by atomic mass is 79.9. The summed E-state index contributed by atoms with van der Waals surface area (Å²) in [7, 11) is 1.66. The van der Waals surface area contributed by atoms with Crippen LogP contribution in [0.25, 0.3) is 6.08 Å². The number of rotatable bonds is 6. The third-order valence-electron chi connectivity index (χ3n) is 2.53. The van der Waals surface area contributed by atoms with Crippen molar-refractivity contribution in [1.82, 2.24) is 4.90 Å². The summed E-state index contributed by atoms with van der Waals surface area (Å²) in [6.07, 6.45) is 3.76. The molecule has 0 aliphatic heterocycles. The van der Waals surface area contributed by atoms with E-state index in [1.165, 1.54) is 11.0 Å². The van der Waals surface area contributed by atoms with Crippen molar-refractivity contribution >= 4 is 33.9 Å². The second-order valence-corrected chi connectivity index (χ2v) is 5.06. The van der Waals surface area contributed by atoms with Crippen LogP contribution < -0.4 is 0 Å². The van der Waals surface area contributed by atoms with E-state index in [9.17, 15) is 9.59 Å². The topological polar surface area (TPSA) is 57.6 Å². The molecule has 0 aliphatic carbocycles. The van der Waals surface area contributed by atoms with Crippen molar-refractivity contribution in [2.75, 3.05) is 13.6 Å². The van der Waals surface area contributed by atoms with Crippen molar-refractivity contribution in [2.45, 2.75) is 12.8 Å². The molecule has 0 heterocycles. The van der Waals surface area contributed by atoms with E-state index >= 15 is 0 Å². The number of carbonyl (C=O) groups is 2. The van der Waals surface area contributed by atoms with E-state index in [1.54, 1.807) is 13.1 Å². The molecule has 19 heavy (non-hydrogen) atoms. The van der Waals surface area contributed by atoms with Gasteiger partial charge in [0.2, 0.25) is 5.91 Å². The Bertz CT molecular complexity index is 485. The van der Waals surface area contributed by atoms with Crippen LogP contribution in [0.5, 0.6) is 0 Å². The smallest absolute Gasteiger partial charge is 0.303 e. The summed E-state index contributed by atoms with van der Waals surface area (Å²) in [4.78, 5) is 23.6. The fourth-order valence-electron chi connectivity index (χ4n) is 1.48. The molecule has 4 nitrogen and oxygen atoms in total. The summed E-state index contributed by atoms with van der Waals surface area (Å²) in [5.41, 5.74) is 0.932. The quantitative estimate of drug-likeness (QED) is 0.818. The summed E-state index contributed by atoms with van der Waals surface area (Å²) in [6.45, 7) is 0.438. The standard InChI is InChI=1S/C14H16BrNO3/c1-16(9-3-6-14(18)19)13(17)8-7-11-4-2-5-12(15)10-11/h2,4-5,7-8,10H,3,6,9H2,1H3,(H,18,19)/b8-7+. The normalized spacial score (nSPS) is 10.6. The van der Waals surface area contributed by atoms with Gasteiger partial charge in [0.25, 0.3) is 0 Å². The number of benzene rings is 1. The molecule has 0 aliphatic rings. The number of amides is 1. The molecule has 0 saturated carbocycles. The van der Waals surface area contributed by atoms with Crippen LogP contribution in [0, 0.1) is 0 Å². The fourth-order valence-corrected chi connectivity index (χ4v) is 1.90. The van der Waals surface area contributed by atoms with Gasteiger partial charge in [-0.2, -0.15) is 0 Å². The second-order valence-electron chi connectivity index (χ2n) is 4.15. The predicted octanol–water partition coefficient (Wildman–Crippen LogP) is 2.79. The van der Waals surface area contributed by atoms with Gasteiger partial charge in [-0.1, -0.05) is 28.1 Å². The minimum absolute atomic E-state index is 0.0764. The number of hydrogen-bond acceptors (Lipinski definition) is 2. The van der Waals surface area contributed by atoms with E-state index < -0.39 is 5.97 Å². The van der Waals surface area contributed by atoms with Crippen LogP contribution in [-0.4, -0.2) is 35.5 Å². The predicted molar refractivity (Wildman–Crippen MR) is 77.7 cm³/mol. The maximum absolute atomic E-state index is 11.8. The minimum Gasteiger partial charge on any atom is -0.481 e. The SMILES string of the molecule is CN(CCCC(=O)O)C(=O)/C=C/c1cccc(Br)c1. The van der Waals surface area contributed by atoms with Gasteiger partial charge in [-0.05, 0) is 30.2 Å². The zero-order valence-corrected chi connectivity index (χ0v) is 12.3. The van der Waals surface area contributed by atoms with E-state index in [2.05, 4.69) is 15.9 Å². The minimum atomic E-state index is -0.842. The Morgan fingerprint density at radius 2 is 2.16 bits per heavy atom. The van der Waals surface area contributed by atoms with Gasteiger partial charge >= 0.3 is 5.97 Å². The molecule has 0 atom stereocenters. The van der Waals surface area contributed by atoms with Gasteiger partial charge in [-0.3, -0.25) is 9.59 Å². The van der Waals surface area contributed by atoms with Gasteiger partial charge in [0.15, 0.2) is 0 Å². The average Bonchev–Trinajstić information content (AvgIpc) is 2.35. The lowest BCUT2D eigenvalue weighted by Crippen LogP contribution is -2.26. The number of carboxylic acids is 1. The van der Waals surface area contributed by atoms with E-state index in [0.717, 1.165) is 10.0 Å². The Morgan fingerprint density at radius 1 is 1.42 bits per heavy atom. The third kappa shape index (κ3) is 6.20. The van der Waals surface area contributed by atoms with Crippen molar-refractivity contribution in [1.29, 1.82) is 0 Å². The Hall–Kier alpha value is -1.62. The number of nitrogens with zero attached hydrogens (tertiary/aromatic N) is 1. The molecule has 0 radical (unpaired) electrons. The highest BCUT2D eigenvalue weighted by Gasteiger charge is 2.05. The number of halogens is 1. The number of aliphatic carboxylic acids is 1. The van der Waals surface area contributed by atoms with E-state index in [1.807, 2.05) is 24.3 Å². The Kier molecular flexibility index (Phi) is 6.29. The molecule has 1 N–H and O–H groups in total. The molecule has 0 aromatic heterocycles. The van der Waals surface area contributed by atoms with Gasteiger partial charge in [0.05, 0.1) is 0 Å². The lowest BCUT2D eigenvalue weighted by atomic mass is 10.2. The Labute approximate surface area is 120 Å². The van der Waals surface area contributed by atoms with Crippen LogP contribution in [-0.2, 0) is 9.59 Å². The average molecular weight is 326 g/mol. The zero-order chi connectivity index (χ0) is 14.3. The van der Waals surface area contributed by atoms with E-state index in [-0.39, 0.29) is 12.3 Å². The molecular weight excluding hydrogens is 310 g/mol. The number of carboxylic acid groups (broad SMARTS) is 1. The van der Waals surface area contributed by atoms with Gasteiger partial charge in [0, 0.05) is 30.6 Å². The summed E-state index contributed by atoms with van der Waals surface area (Å²) in [5, 5.41) is 8.52. The monoisotopic (exact) mass is 325 g/mol. The zero-order valence-electron chi connectivity index (χ0n) is 10.7. The van der Waals surface area contributed by atoms with Crippen molar-refractivity contribution in [3.05, 3.63) is 40.4 Å². The van der Waals surface area contributed by atoms with Crippen molar-refractivity contribution < 1.29 is 14.7 Å². The lowest BCUT2D eigenvalue weighted by molar-refractivity contribution is -0.137. The molecule has 102 valence electrons. The third-order valence-corrected chi connectivity index (χ3v) is 3.02. The molecule has 0 saturated heterocycles. The van der Waals surface area contributed by atoms with Crippen LogP contribution in [0.2, 0.25) is 0 Å². The maximum atomic E-state index is 11.8. The van der Waals surface area contributed by atoms with Gasteiger partial charge in [0.1, 0.15) is 0 Å². The molecule has 0 bridgehead atoms. The first-order valence-corrected chi connectivity index (χ1v) is 6.69. The highest BCUT2D eigenvalue weighted by molar-refractivity contribution is 9.10. The molecule has 1 amide bonds. The largest absolute Gasteiger partial charge is 0.481 e. The lowest BCUT2D eigenvalue weighted by Gasteiger charge is -2.13. The van der Waals surface area contributed by atoms with Gasteiger partial charge < -0.3 is 10.0 Å². The number of hydrogen-bond donors (Lipinski definition) is 1. The van der Waals surface area contributed by atoms with Crippen LogP contribution >= 0.6 is 15.9 Å². The molecule has 1 aromatic carbocycles. The first-order valence-electron chi connectivity index (χ1n) is 5.89. The van der Waals surface area contributed by atoms with Crippen LogP contribution in [0.15, 0.2) is 34.8 Å². The first-order chi connectivity index (χ1) is 8.99. The van der Waals surface area contributed by atoms with E-state index in [0.29, 0.717) is 13.0 Å². The molecule has 5 heteroatoms. The molecule has 1 rings (SSSR count).